The lowest BCUT2D eigenvalue weighted by Crippen LogP contribution is -2.48. The van der Waals surface area contributed by atoms with E-state index < -0.39 is 0 Å². The smallest absolute Gasteiger partial charge is 0.223 e. The van der Waals surface area contributed by atoms with E-state index in [1.165, 1.54) is 0 Å². The third-order valence-corrected chi connectivity index (χ3v) is 3.50. The third kappa shape index (κ3) is 4.51. The monoisotopic (exact) mass is 327 g/mol. The van der Waals surface area contributed by atoms with Crippen LogP contribution >= 0.6 is 15.9 Å². The Labute approximate surface area is 121 Å². The highest BCUT2D eigenvalue weighted by Crippen LogP contribution is 2.25. The largest absolute Gasteiger partial charge is 0.493 e. The zero-order chi connectivity index (χ0) is 13.7. The lowest BCUT2D eigenvalue weighted by Gasteiger charge is -2.38. The number of carbonyl (C=O) groups is 1. The van der Waals surface area contributed by atoms with Crippen molar-refractivity contribution in [3.8, 4) is 5.75 Å². The maximum Gasteiger partial charge on any atom is 0.223 e. The lowest BCUT2D eigenvalue weighted by atomic mass is 9.89. The number of hydrogen-bond donors (Lipinski definition) is 1. The summed E-state index contributed by atoms with van der Waals surface area (Å²) in [6.07, 6.45) is 0.365. The molecule has 0 bridgehead atoms. The van der Waals surface area contributed by atoms with E-state index in [-0.39, 0.29) is 11.3 Å². The Hall–Kier alpha value is -1.07. The summed E-state index contributed by atoms with van der Waals surface area (Å²) < 4.78 is 11.6. The van der Waals surface area contributed by atoms with Gasteiger partial charge in [0.2, 0.25) is 5.91 Å². The van der Waals surface area contributed by atoms with Crippen molar-refractivity contribution in [2.45, 2.75) is 13.3 Å². The second-order valence-corrected chi connectivity index (χ2v) is 6.05. The van der Waals surface area contributed by atoms with Crippen molar-refractivity contribution < 1.29 is 14.3 Å². The molecular formula is C14H18BrNO3. The van der Waals surface area contributed by atoms with Crippen molar-refractivity contribution in [1.82, 2.24) is 5.32 Å². The quantitative estimate of drug-likeness (QED) is 0.872. The van der Waals surface area contributed by atoms with E-state index in [1.54, 1.807) is 0 Å². The number of benzene rings is 1. The van der Waals surface area contributed by atoms with Crippen LogP contribution in [0.4, 0.5) is 0 Å². The number of hydrogen-bond acceptors (Lipinski definition) is 3. The predicted octanol–water partition coefficient (Wildman–Crippen LogP) is 2.37. The van der Waals surface area contributed by atoms with Crippen LogP contribution in [0, 0.1) is 5.41 Å². The molecule has 104 valence electrons. The number of carbonyl (C=O) groups excluding carboxylic acids is 1. The van der Waals surface area contributed by atoms with E-state index in [2.05, 4.69) is 28.2 Å². The second kappa shape index (κ2) is 6.39. The van der Waals surface area contributed by atoms with Gasteiger partial charge in [0.25, 0.3) is 0 Å². The van der Waals surface area contributed by atoms with Crippen LogP contribution in [-0.2, 0) is 9.53 Å². The van der Waals surface area contributed by atoms with Gasteiger partial charge < -0.3 is 14.8 Å². The zero-order valence-corrected chi connectivity index (χ0v) is 12.5. The first-order valence-corrected chi connectivity index (χ1v) is 7.10. The van der Waals surface area contributed by atoms with Gasteiger partial charge in [0.15, 0.2) is 0 Å². The molecule has 1 amide bonds. The lowest BCUT2D eigenvalue weighted by molar-refractivity contribution is -0.127. The van der Waals surface area contributed by atoms with E-state index in [0.717, 1.165) is 23.4 Å². The molecule has 0 aliphatic carbocycles. The fourth-order valence-corrected chi connectivity index (χ4v) is 2.15. The van der Waals surface area contributed by atoms with Crippen molar-refractivity contribution in [2.24, 2.45) is 5.41 Å². The van der Waals surface area contributed by atoms with Crippen molar-refractivity contribution in [1.29, 1.82) is 0 Å². The van der Waals surface area contributed by atoms with Crippen LogP contribution in [0.15, 0.2) is 28.7 Å². The molecule has 0 radical (unpaired) electrons. The number of amides is 1. The SMILES string of the molecule is CC1(CNC(=O)CCOc2cccc(Br)c2)COC1. The fourth-order valence-electron chi connectivity index (χ4n) is 1.77. The maximum atomic E-state index is 11.6. The molecule has 1 N–H and O–H groups in total. The molecule has 0 spiro atoms. The van der Waals surface area contributed by atoms with Crippen LogP contribution in [0.1, 0.15) is 13.3 Å². The van der Waals surface area contributed by atoms with Crippen molar-refractivity contribution in [3.05, 3.63) is 28.7 Å². The van der Waals surface area contributed by atoms with Gasteiger partial charge in [-0.25, -0.2) is 0 Å². The Morgan fingerprint density at radius 2 is 2.32 bits per heavy atom. The van der Waals surface area contributed by atoms with Crippen LogP contribution in [0.5, 0.6) is 5.75 Å². The highest BCUT2D eigenvalue weighted by Gasteiger charge is 2.33. The first-order chi connectivity index (χ1) is 9.07. The van der Waals surface area contributed by atoms with Gasteiger partial charge in [-0.05, 0) is 18.2 Å². The minimum atomic E-state index is 0.0168. The standard InChI is InChI=1S/C14H18BrNO3/c1-14(9-18-10-14)8-16-13(17)5-6-19-12-4-2-3-11(15)7-12/h2-4,7H,5-6,8-10H2,1H3,(H,16,17). The Bertz CT molecular complexity index is 446. The summed E-state index contributed by atoms with van der Waals surface area (Å²) in [5.74, 6) is 0.782. The highest BCUT2D eigenvalue weighted by atomic mass is 79.9. The molecule has 5 heteroatoms. The molecule has 19 heavy (non-hydrogen) atoms. The van der Waals surface area contributed by atoms with Crippen LogP contribution in [-0.4, -0.2) is 32.3 Å². The van der Waals surface area contributed by atoms with Crippen LogP contribution in [0.2, 0.25) is 0 Å². The average molecular weight is 328 g/mol. The summed E-state index contributed by atoms with van der Waals surface area (Å²) in [5.41, 5.74) is 0.112. The van der Waals surface area contributed by atoms with Gasteiger partial charge in [-0.1, -0.05) is 28.9 Å². The molecule has 1 aliphatic rings. The first kappa shape index (κ1) is 14.3. The van der Waals surface area contributed by atoms with Crippen molar-refractivity contribution in [3.63, 3.8) is 0 Å². The molecule has 0 atom stereocenters. The minimum Gasteiger partial charge on any atom is -0.493 e. The first-order valence-electron chi connectivity index (χ1n) is 6.30. The molecule has 2 rings (SSSR count). The topological polar surface area (TPSA) is 47.6 Å². The number of rotatable bonds is 6. The third-order valence-electron chi connectivity index (χ3n) is 3.01. The second-order valence-electron chi connectivity index (χ2n) is 5.14. The maximum absolute atomic E-state index is 11.6. The molecule has 0 aromatic heterocycles. The number of halogens is 1. The normalized spacial score (nSPS) is 16.5. The Balaban J connectivity index is 1.63. The van der Waals surface area contributed by atoms with Crippen LogP contribution in [0.3, 0.4) is 0 Å². The van der Waals surface area contributed by atoms with Gasteiger partial charge in [-0.15, -0.1) is 0 Å². The van der Waals surface area contributed by atoms with E-state index in [9.17, 15) is 4.79 Å². The van der Waals surface area contributed by atoms with E-state index in [0.29, 0.717) is 19.6 Å². The molecule has 1 fully saturated rings. The zero-order valence-electron chi connectivity index (χ0n) is 10.9. The van der Waals surface area contributed by atoms with Gasteiger partial charge in [0, 0.05) is 16.4 Å². The summed E-state index contributed by atoms with van der Waals surface area (Å²) >= 11 is 3.37. The fraction of sp³-hybridized carbons (Fsp3) is 0.500. The van der Waals surface area contributed by atoms with Gasteiger partial charge >= 0.3 is 0 Å². The Morgan fingerprint density at radius 3 is 2.95 bits per heavy atom. The minimum absolute atomic E-state index is 0.0168. The molecule has 1 saturated heterocycles. The van der Waals surface area contributed by atoms with E-state index >= 15 is 0 Å². The summed E-state index contributed by atoms with van der Waals surface area (Å²) in [5, 5.41) is 2.91. The summed E-state index contributed by atoms with van der Waals surface area (Å²) in [6, 6.07) is 7.58. The average Bonchev–Trinajstić information content (AvgIpc) is 2.34. The molecule has 0 unspecified atom stereocenters. The molecule has 1 aromatic rings. The van der Waals surface area contributed by atoms with Gasteiger partial charge in [-0.2, -0.15) is 0 Å². The van der Waals surface area contributed by atoms with Gasteiger partial charge in [0.1, 0.15) is 5.75 Å². The van der Waals surface area contributed by atoms with Crippen molar-refractivity contribution in [2.75, 3.05) is 26.4 Å². The molecule has 4 nitrogen and oxygen atoms in total. The molecule has 1 aromatic carbocycles. The molecular weight excluding hydrogens is 310 g/mol. The number of nitrogens with one attached hydrogen (secondary N) is 1. The highest BCUT2D eigenvalue weighted by molar-refractivity contribution is 9.10. The molecule has 1 heterocycles. The van der Waals surface area contributed by atoms with E-state index in [1.807, 2.05) is 24.3 Å². The van der Waals surface area contributed by atoms with E-state index in [4.69, 9.17) is 9.47 Å². The predicted molar refractivity (Wildman–Crippen MR) is 76.2 cm³/mol. The summed E-state index contributed by atoms with van der Waals surface area (Å²) in [6.45, 7) is 4.61. The Kier molecular flexibility index (Phi) is 4.82. The summed E-state index contributed by atoms with van der Waals surface area (Å²) in [4.78, 5) is 11.6. The van der Waals surface area contributed by atoms with Gasteiger partial charge in [-0.3, -0.25) is 4.79 Å². The summed E-state index contributed by atoms with van der Waals surface area (Å²) in [7, 11) is 0. The van der Waals surface area contributed by atoms with Crippen molar-refractivity contribution >= 4 is 21.8 Å². The molecule has 1 aliphatic heterocycles. The number of ether oxygens (including phenoxy) is 2. The Morgan fingerprint density at radius 1 is 1.53 bits per heavy atom. The van der Waals surface area contributed by atoms with Gasteiger partial charge in [0.05, 0.1) is 26.2 Å². The van der Waals surface area contributed by atoms with Crippen LogP contribution in [0.25, 0.3) is 0 Å². The molecule has 0 saturated carbocycles. The van der Waals surface area contributed by atoms with Crippen LogP contribution < -0.4 is 10.1 Å².